The summed E-state index contributed by atoms with van der Waals surface area (Å²) in [7, 11) is 0. The molecule has 0 radical (unpaired) electrons. The third kappa shape index (κ3) is 2.07. The highest BCUT2D eigenvalue weighted by atomic mass is 16.5. The van der Waals surface area contributed by atoms with Gasteiger partial charge in [-0.25, -0.2) is 9.67 Å². The Hall–Kier alpha value is -2.58. The molecular formula is C14H16N8O. The van der Waals surface area contributed by atoms with Gasteiger partial charge in [0, 0.05) is 12.3 Å². The maximum Gasteiger partial charge on any atom is 0.239 e. The lowest BCUT2D eigenvalue weighted by atomic mass is 9.87. The molecule has 0 spiro atoms. The Labute approximate surface area is 131 Å². The summed E-state index contributed by atoms with van der Waals surface area (Å²) < 4.78 is 7.58. The Kier molecular flexibility index (Phi) is 2.79. The van der Waals surface area contributed by atoms with Gasteiger partial charge in [-0.15, -0.1) is 5.10 Å². The summed E-state index contributed by atoms with van der Waals surface area (Å²) in [5, 5.41) is 19.3. The molecule has 0 aliphatic heterocycles. The van der Waals surface area contributed by atoms with Crippen molar-refractivity contribution in [2.24, 2.45) is 0 Å². The second-order valence-corrected chi connectivity index (χ2v) is 6.24. The molecule has 3 heterocycles. The fraction of sp³-hybridized carbons (Fsp3) is 0.571. The van der Waals surface area contributed by atoms with Crippen molar-refractivity contribution in [1.29, 1.82) is 0 Å². The summed E-state index contributed by atoms with van der Waals surface area (Å²) in [5.74, 6) is 1.85. The second-order valence-electron chi connectivity index (χ2n) is 6.24. The molecule has 1 unspecified atom stereocenters. The topological polar surface area (TPSA) is 111 Å². The van der Waals surface area contributed by atoms with Gasteiger partial charge in [0.15, 0.2) is 5.82 Å². The molecule has 1 saturated carbocycles. The average Bonchev–Trinajstić information content (AvgIpc) is 3.25. The van der Waals surface area contributed by atoms with E-state index in [1.54, 1.807) is 0 Å². The molecule has 9 heteroatoms. The molecule has 0 aromatic carbocycles. The summed E-state index contributed by atoms with van der Waals surface area (Å²) in [6, 6.07) is 0.525. The van der Waals surface area contributed by atoms with Crippen LogP contribution >= 0.6 is 0 Å². The van der Waals surface area contributed by atoms with Crippen molar-refractivity contribution < 1.29 is 4.52 Å². The first kappa shape index (κ1) is 12.9. The Morgan fingerprint density at radius 1 is 1.26 bits per heavy atom. The second kappa shape index (κ2) is 4.97. The molecule has 23 heavy (non-hydrogen) atoms. The predicted octanol–water partition coefficient (Wildman–Crippen LogP) is 1.44. The third-order valence-electron chi connectivity index (χ3n) is 4.88. The van der Waals surface area contributed by atoms with Crippen LogP contribution in [-0.4, -0.2) is 40.3 Å². The Morgan fingerprint density at radius 3 is 3.00 bits per heavy atom. The number of aryl methyl sites for hydroxylation is 1. The molecule has 5 rings (SSSR count). The summed E-state index contributed by atoms with van der Waals surface area (Å²) in [4.78, 5) is 8.53. The van der Waals surface area contributed by atoms with Gasteiger partial charge >= 0.3 is 0 Å². The molecule has 0 amide bonds. The largest absolute Gasteiger partial charge is 0.339 e. The maximum absolute atomic E-state index is 5.46. The molecule has 0 bridgehead atoms. The quantitative estimate of drug-likeness (QED) is 0.778. The van der Waals surface area contributed by atoms with Crippen molar-refractivity contribution in [1.82, 2.24) is 40.3 Å². The van der Waals surface area contributed by atoms with Gasteiger partial charge in [-0.1, -0.05) is 10.4 Å². The summed E-state index contributed by atoms with van der Waals surface area (Å²) in [5.41, 5.74) is 2.37. The minimum Gasteiger partial charge on any atom is -0.339 e. The molecule has 1 fully saturated rings. The normalized spacial score (nSPS) is 21.1. The zero-order valence-electron chi connectivity index (χ0n) is 12.5. The highest BCUT2D eigenvalue weighted by Crippen LogP contribution is 2.37. The van der Waals surface area contributed by atoms with Gasteiger partial charge in [-0.2, -0.15) is 10.1 Å². The Morgan fingerprint density at radius 2 is 2.22 bits per heavy atom. The van der Waals surface area contributed by atoms with Crippen LogP contribution in [0.15, 0.2) is 10.9 Å². The van der Waals surface area contributed by atoms with Crippen LogP contribution in [-0.2, 0) is 12.8 Å². The smallest absolute Gasteiger partial charge is 0.239 e. The van der Waals surface area contributed by atoms with E-state index in [0.717, 1.165) is 25.0 Å². The SMILES string of the molecule is c1n[nH]c(-c2noc(C3CCc4nnn(C5CCC5)c4C3)n2)n1. The fourth-order valence-corrected chi connectivity index (χ4v) is 3.34. The minimum absolute atomic E-state index is 0.212. The van der Waals surface area contributed by atoms with Gasteiger partial charge in [0.1, 0.15) is 6.33 Å². The fourth-order valence-electron chi connectivity index (χ4n) is 3.34. The lowest BCUT2D eigenvalue weighted by Gasteiger charge is -2.28. The number of H-pyrrole nitrogens is 1. The van der Waals surface area contributed by atoms with Crippen LogP contribution in [0.25, 0.3) is 11.6 Å². The van der Waals surface area contributed by atoms with Gasteiger partial charge in [-0.3, -0.25) is 5.10 Å². The van der Waals surface area contributed by atoms with E-state index in [2.05, 4.69) is 40.3 Å². The van der Waals surface area contributed by atoms with E-state index < -0.39 is 0 Å². The van der Waals surface area contributed by atoms with Crippen molar-refractivity contribution in [3.05, 3.63) is 23.6 Å². The zero-order valence-corrected chi connectivity index (χ0v) is 12.5. The van der Waals surface area contributed by atoms with Crippen LogP contribution in [0.5, 0.6) is 0 Å². The number of aromatic amines is 1. The number of fused-ring (bicyclic) bond motifs is 1. The number of hydrogen-bond acceptors (Lipinski definition) is 7. The van der Waals surface area contributed by atoms with Crippen molar-refractivity contribution in [3.63, 3.8) is 0 Å². The van der Waals surface area contributed by atoms with E-state index in [1.165, 1.54) is 31.3 Å². The van der Waals surface area contributed by atoms with Crippen LogP contribution in [0.1, 0.15) is 54.9 Å². The number of nitrogens with zero attached hydrogens (tertiary/aromatic N) is 7. The van der Waals surface area contributed by atoms with E-state index in [-0.39, 0.29) is 5.92 Å². The van der Waals surface area contributed by atoms with Crippen molar-refractivity contribution in [2.75, 3.05) is 0 Å². The number of hydrogen-bond donors (Lipinski definition) is 1. The van der Waals surface area contributed by atoms with Crippen LogP contribution < -0.4 is 0 Å². The first-order valence-electron chi connectivity index (χ1n) is 8.01. The first-order valence-corrected chi connectivity index (χ1v) is 8.01. The molecule has 118 valence electrons. The monoisotopic (exact) mass is 312 g/mol. The zero-order chi connectivity index (χ0) is 15.2. The summed E-state index contributed by atoms with van der Waals surface area (Å²) in [6.07, 6.45) is 7.85. The van der Waals surface area contributed by atoms with Crippen molar-refractivity contribution >= 4 is 0 Å². The van der Waals surface area contributed by atoms with Crippen molar-refractivity contribution in [2.45, 2.75) is 50.5 Å². The Balaban J connectivity index is 1.42. The minimum atomic E-state index is 0.212. The molecule has 9 nitrogen and oxygen atoms in total. The van der Waals surface area contributed by atoms with Gasteiger partial charge in [0.05, 0.1) is 17.4 Å². The van der Waals surface area contributed by atoms with Crippen LogP contribution in [0.3, 0.4) is 0 Å². The number of nitrogens with one attached hydrogen (secondary N) is 1. The van der Waals surface area contributed by atoms with Crippen LogP contribution in [0.2, 0.25) is 0 Å². The van der Waals surface area contributed by atoms with E-state index in [1.807, 2.05) is 0 Å². The maximum atomic E-state index is 5.46. The third-order valence-corrected chi connectivity index (χ3v) is 4.88. The molecule has 3 aromatic heterocycles. The highest BCUT2D eigenvalue weighted by molar-refractivity contribution is 5.40. The molecule has 1 N–H and O–H groups in total. The van der Waals surface area contributed by atoms with Gasteiger partial charge in [-0.05, 0) is 32.1 Å². The lowest BCUT2D eigenvalue weighted by molar-refractivity contribution is 0.271. The van der Waals surface area contributed by atoms with E-state index in [9.17, 15) is 0 Å². The molecule has 2 aliphatic carbocycles. The Bertz CT molecular complexity index is 816. The molecule has 3 aromatic rings. The molecule has 1 atom stereocenters. The summed E-state index contributed by atoms with van der Waals surface area (Å²) in [6.45, 7) is 0. The van der Waals surface area contributed by atoms with Crippen molar-refractivity contribution in [3.8, 4) is 11.6 Å². The number of aromatic nitrogens is 8. The van der Waals surface area contributed by atoms with Gasteiger partial charge in [0.25, 0.3) is 0 Å². The molecule has 0 saturated heterocycles. The molecule has 2 aliphatic rings. The van der Waals surface area contributed by atoms with Crippen LogP contribution in [0.4, 0.5) is 0 Å². The van der Waals surface area contributed by atoms with E-state index >= 15 is 0 Å². The van der Waals surface area contributed by atoms with E-state index in [0.29, 0.717) is 23.6 Å². The first-order chi connectivity index (χ1) is 11.4. The summed E-state index contributed by atoms with van der Waals surface area (Å²) >= 11 is 0. The van der Waals surface area contributed by atoms with Gasteiger partial charge < -0.3 is 4.52 Å². The van der Waals surface area contributed by atoms with Gasteiger partial charge in [0.2, 0.25) is 11.7 Å². The number of rotatable bonds is 3. The highest BCUT2D eigenvalue weighted by Gasteiger charge is 2.32. The lowest BCUT2D eigenvalue weighted by Crippen LogP contribution is -2.23. The standard InChI is InChI=1S/C14H16N8O/c1-2-9(3-1)22-11-6-8(4-5-10(11)18-21-22)14-17-13(20-23-14)12-15-7-16-19-12/h7-9H,1-6H2,(H,15,16,19). The van der Waals surface area contributed by atoms with Crippen LogP contribution in [0, 0.1) is 0 Å². The molecular weight excluding hydrogens is 296 g/mol. The predicted molar refractivity (Wildman–Crippen MR) is 77.4 cm³/mol. The van der Waals surface area contributed by atoms with E-state index in [4.69, 9.17) is 4.52 Å². The average molecular weight is 312 g/mol.